The lowest BCUT2D eigenvalue weighted by Gasteiger charge is -2.28. The minimum absolute atomic E-state index is 0.205. The topological polar surface area (TPSA) is 47.1 Å². The van der Waals surface area contributed by atoms with Crippen LogP contribution in [-0.4, -0.2) is 28.7 Å². The van der Waals surface area contributed by atoms with Gasteiger partial charge in [0, 0.05) is 31.9 Å². The minimum atomic E-state index is -0.205. The van der Waals surface area contributed by atoms with Crippen LogP contribution < -0.4 is 10.6 Å². The minimum Gasteiger partial charge on any atom is -0.373 e. The van der Waals surface area contributed by atoms with Gasteiger partial charge in [0.05, 0.1) is 11.0 Å². The summed E-state index contributed by atoms with van der Waals surface area (Å²) in [4.78, 5) is 6.73. The van der Waals surface area contributed by atoms with E-state index in [2.05, 4.69) is 39.7 Å². The van der Waals surface area contributed by atoms with E-state index in [4.69, 9.17) is 5.73 Å². The lowest BCUT2D eigenvalue weighted by molar-refractivity contribution is 0.519. The molecule has 0 aliphatic rings. The van der Waals surface area contributed by atoms with Gasteiger partial charge in [0.15, 0.2) is 0 Å². The highest BCUT2D eigenvalue weighted by Gasteiger charge is 2.15. The van der Waals surface area contributed by atoms with Gasteiger partial charge in [-0.1, -0.05) is 0 Å². The molecule has 4 heteroatoms. The van der Waals surface area contributed by atoms with Crippen LogP contribution in [0.2, 0.25) is 0 Å². The van der Waals surface area contributed by atoms with E-state index in [1.54, 1.807) is 0 Å². The van der Waals surface area contributed by atoms with Crippen LogP contribution in [-0.2, 0) is 7.05 Å². The molecule has 0 aliphatic heterocycles. The highest BCUT2D eigenvalue weighted by atomic mass is 15.1. The Kier molecular flexibility index (Phi) is 3.07. The Hall–Kier alpha value is -1.55. The number of hydrogen-bond donors (Lipinski definition) is 1. The van der Waals surface area contributed by atoms with Gasteiger partial charge in [-0.15, -0.1) is 0 Å². The van der Waals surface area contributed by atoms with Crippen LogP contribution in [0.15, 0.2) is 18.2 Å². The molecule has 18 heavy (non-hydrogen) atoms. The summed E-state index contributed by atoms with van der Waals surface area (Å²) in [6.45, 7) is 6.90. The number of nitrogens with two attached hydrogens (primary N) is 1. The second-order valence-electron chi connectivity index (χ2n) is 5.74. The Morgan fingerprint density at radius 1 is 1.39 bits per heavy atom. The fraction of sp³-hybridized carbons (Fsp3) is 0.500. The molecule has 2 aromatic rings. The zero-order chi connectivity index (χ0) is 13.5. The summed E-state index contributed by atoms with van der Waals surface area (Å²) in [6, 6.07) is 6.36. The molecule has 0 amide bonds. The zero-order valence-electron chi connectivity index (χ0n) is 11.9. The van der Waals surface area contributed by atoms with Crippen molar-refractivity contribution in [1.82, 2.24) is 9.55 Å². The third-order valence-corrected chi connectivity index (χ3v) is 3.17. The number of fused-ring (bicyclic) bond motifs is 1. The highest BCUT2D eigenvalue weighted by molar-refractivity contribution is 5.80. The molecule has 98 valence electrons. The number of imidazole rings is 1. The van der Waals surface area contributed by atoms with Gasteiger partial charge in [-0.25, -0.2) is 4.98 Å². The van der Waals surface area contributed by atoms with E-state index in [0.717, 1.165) is 29.1 Å². The first-order chi connectivity index (χ1) is 8.28. The molecule has 1 aromatic heterocycles. The first-order valence-electron chi connectivity index (χ1n) is 6.21. The van der Waals surface area contributed by atoms with Crippen molar-refractivity contribution in [2.45, 2.75) is 26.3 Å². The Morgan fingerprint density at radius 2 is 2.06 bits per heavy atom. The summed E-state index contributed by atoms with van der Waals surface area (Å²) < 4.78 is 2.10. The average Bonchev–Trinajstić information content (AvgIpc) is 2.52. The van der Waals surface area contributed by atoms with Gasteiger partial charge in [-0.05, 0) is 39.0 Å². The average molecular weight is 246 g/mol. The summed E-state index contributed by atoms with van der Waals surface area (Å²) in [7, 11) is 4.10. The van der Waals surface area contributed by atoms with Gasteiger partial charge < -0.3 is 15.2 Å². The van der Waals surface area contributed by atoms with E-state index < -0.39 is 0 Å². The van der Waals surface area contributed by atoms with Crippen LogP contribution in [0.3, 0.4) is 0 Å². The lowest BCUT2D eigenvalue weighted by atomic mass is 10.1. The largest absolute Gasteiger partial charge is 0.373 e. The van der Waals surface area contributed by atoms with Crippen molar-refractivity contribution >= 4 is 16.7 Å². The van der Waals surface area contributed by atoms with E-state index in [1.807, 2.05) is 27.8 Å². The van der Waals surface area contributed by atoms with E-state index >= 15 is 0 Å². The summed E-state index contributed by atoms with van der Waals surface area (Å²) in [5.74, 6) is 1.03. The summed E-state index contributed by atoms with van der Waals surface area (Å²) >= 11 is 0. The predicted molar refractivity (Wildman–Crippen MR) is 77.0 cm³/mol. The fourth-order valence-electron chi connectivity index (χ4n) is 2.25. The van der Waals surface area contributed by atoms with Crippen LogP contribution in [0.25, 0.3) is 11.0 Å². The standard InChI is InChI=1S/C14H22N4/c1-10-16-12-8-11(6-7-13(12)18(10)5)17(4)9-14(2,3)15/h6-8H,9,15H2,1-5H3. The lowest BCUT2D eigenvalue weighted by Crippen LogP contribution is -2.44. The Labute approximate surface area is 108 Å². The fourth-order valence-corrected chi connectivity index (χ4v) is 2.25. The van der Waals surface area contributed by atoms with Crippen LogP contribution in [0.4, 0.5) is 5.69 Å². The third kappa shape index (κ3) is 2.48. The normalized spacial score (nSPS) is 12.1. The van der Waals surface area contributed by atoms with E-state index in [9.17, 15) is 0 Å². The SMILES string of the molecule is Cc1nc2cc(N(C)CC(C)(C)N)ccc2n1C. The van der Waals surface area contributed by atoms with Gasteiger partial charge in [0.2, 0.25) is 0 Å². The van der Waals surface area contributed by atoms with E-state index in [-0.39, 0.29) is 5.54 Å². The molecular weight excluding hydrogens is 224 g/mol. The molecule has 0 unspecified atom stereocenters. The first-order valence-corrected chi connectivity index (χ1v) is 6.21. The maximum Gasteiger partial charge on any atom is 0.106 e. The molecule has 0 radical (unpaired) electrons. The number of hydrogen-bond acceptors (Lipinski definition) is 3. The van der Waals surface area contributed by atoms with Crippen molar-refractivity contribution in [2.24, 2.45) is 12.8 Å². The number of anilines is 1. The Bertz CT molecular complexity index is 563. The quantitative estimate of drug-likeness (QED) is 0.901. The summed E-state index contributed by atoms with van der Waals surface area (Å²) in [5, 5.41) is 0. The molecule has 4 nitrogen and oxygen atoms in total. The van der Waals surface area contributed by atoms with Crippen molar-refractivity contribution in [3.05, 3.63) is 24.0 Å². The molecule has 0 fully saturated rings. The van der Waals surface area contributed by atoms with Crippen molar-refractivity contribution in [3.63, 3.8) is 0 Å². The number of nitrogens with zero attached hydrogens (tertiary/aromatic N) is 3. The number of aromatic nitrogens is 2. The molecule has 2 N–H and O–H groups in total. The van der Waals surface area contributed by atoms with Crippen molar-refractivity contribution in [3.8, 4) is 0 Å². The smallest absolute Gasteiger partial charge is 0.106 e. The van der Waals surface area contributed by atoms with Gasteiger partial charge in [0.25, 0.3) is 0 Å². The van der Waals surface area contributed by atoms with Crippen molar-refractivity contribution < 1.29 is 0 Å². The molecule has 0 bridgehead atoms. The molecule has 0 atom stereocenters. The van der Waals surface area contributed by atoms with Crippen molar-refractivity contribution in [2.75, 3.05) is 18.5 Å². The number of benzene rings is 1. The number of rotatable bonds is 3. The van der Waals surface area contributed by atoms with Gasteiger partial charge in [-0.3, -0.25) is 0 Å². The maximum atomic E-state index is 6.05. The van der Waals surface area contributed by atoms with Gasteiger partial charge in [0.1, 0.15) is 5.82 Å². The van der Waals surface area contributed by atoms with Crippen molar-refractivity contribution in [1.29, 1.82) is 0 Å². The molecule has 1 heterocycles. The summed E-state index contributed by atoms with van der Waals surface area (Å²) in [6.07, 6.45) is 0. The van der Waals surface area contributed by atoms with E-state index in [0.29, 0.717) is 0 Å². The van der Waals surface area contributed by atoms with Crippen LogP contribution in [0, 0.1) is 6.92 Å². The molecule has 2 rings (SSSR count). The van der Waals surface area contributed by atoms with Crippen LogP contribution in [0.1, 0.15) is 19.7 Å². The second kappa shape index (κ2) is 4.28. The zero-order valence-corrected chi connectivity index (χ0v) is 11.9. The third-order valence-electron chi connectivity index (χ3n) is 3.17. The molecule has 0 saturated heterocycles. The van der Waals surface area contributed by atoms with Crippen LogP contribution >= 0.6 is 0 Å². The molecule has 0 saturated carbocycles. The molecule has 0 spiro atoms. The van der Waals surface area contributed by atoms with Gasteiger partial charge in [-0.2, -0.15) is 0 Å². The number of likely N-dealkylation sites (N-methyl/N-ethyl adjacent to an activating group) is 1. The monoisotopic (exact) mass is 246 g/mol. The van der Waals surface area contributed by atoms with Crippen LogP contribution in [0.5, 0.6) is 0 Å². The predicted octanol–water partition coefficient (Wildman–Crippen LogP) is 2.06. The Morgan fingerprint density at radius 3 is 2.67 bits per heavy atom. The number of aryl methyl sites for hydroxylation is 2. The maximum absolute atomic E-state index is 6.05. The molecule has 1 aromatic carbocycles. The highest BCUT2D eigenvalue weighted by Crippen LogP contribution is 2.22. The second-order valence-corrected chi connectivity index (χ2v) is 5.74. The molecular formula is C14H22N4. The van der Waals surface area contributed by atoms with Gasteiger partial charge >= 0.3 is 0 Å². The van der Waals surface area contributed by atoms with E-state index in [1.165, 1.54) is 0 Å². The summed E-state index contributed by atoms with van der Waals surface area (Å²) in [5.41, 5.74) is 9.20. The molecule has 0 aliphatic carbocycles. The Balaban J connectivity index is 2.35. The first kappa shape index (κ1) is 12.9.